The number of carboxylic acids is 1. The summed E-state index contributed by atoms with van der Waals surface area (Å²) >= 11 is 0. The molecule has 1 atom stereocenters. The molecule has 4 heteroatoms. The Labute approximate surface area is 111 Å². The van der Waals surface area contributed by atoms with Gasteiger partial charge in [-0.25, -0.2) is 4.79 Å². The van der Waals surface area contributed by atoms with Crippen molar-refractivity contribution in [2.45, 2.75) is 33.7 Å². The Kier molecular flexibility index (Phi) is 3.18. The van der Waals surface area contributed by atoms with Gasteiger partial charge in [0.1, 0.15) is 6.04 Å². The largest absolute Gasteiger partial charge is 0.480 e. The zero-order chi connectivity index (χ0) is 14.3. The molecule has 4 nitrogen and oxygen atoms in total. The predicted molar refractivity (Wildman–Crippen MR) is 74.8 cm³/mol. The molecule has 0 saturated carbocycles. The van der Waals surface area contributed by atoms with E-state index in [-0.39, 0.29) is 5.56 Å². The Morgan fingerprint density at radius 3 is 2.37 bits per heavy atom. The van der Waals surface area contributed by atoms with Crippen molar-refractivity contribution in [1.82, 2.24) is 4.57 Å². The second-order valence-electron chi connectivity index (χ2n) is 5.03. The number of nitrogens with zero attached hydrogens (tertiary/aromatic N) is 1. The number of rotatable bonds is 2. The maximum absolute atomic E-state index is 12.1. The van der Waals surface area contributed by atoms with E-state index in [4.69, 9.17) is 0 Å². The Bertz CT molecular complexity index is 728. The first-order valence-corrected chi connectivity index (χ1v) is 6.19. The van der Waals surface area contributed by atoms with Crippen molar-refractivity contribution in [2.24, 2.45) is 0 Å². The van der Waals surface area contributed by atoms with Crippen LogP contribution in [0.15, 0.2) is 23.0 Å². The van der Waals surface area contributed by atoms with Crippen LogP contribution >= 0.6 is 0 Å². The molecule has 1 heterocycles. The van der Waals surface area contributed by atoms with Crippen molar-refractivity contribution < 1.29 is 9.90 Å². The van der Waals surface area contributed by atoms with Crippen LogP contribution in [0.25, 0.3) is 10.9 Å². The normalized spacial score (nSPS) is 12.6. The molecular weight excluding hydrogens is 242 g/mol. The highest BCUT2D eigenvalue weighted by molar-refractivity contribution is 5.87. The molecule has 0 radical (unpaired) electrons. The molecule has 0 saturated heterocycles. The maximum atomic E-state index is 12.1. The first kappa shape index (κ1) is 13.3. The minimum absolute atomic E-state index is 0.271. The molecule has 2 aromatic rings. The van der Waals surface area contributed by atoms with Gasteiger partial charge in [-0.15, -0.1) is 0 Å². The van der Waals surface area contributed by atoms with E-state index in [1.54, 1.807) is 0 Å². The fourth-order valence-electron chi connectivity index (χ4n) is 2.52. The summed E-state index contributed by atoms with van der Waals surface area (Å²) in [4.78, 5) is 23.3. The van der Waals surface area contributed by atoms with Crippen LogP contribution in [0.4, 0.5) is 0 Å². The van der Waals surface area contributed by atoms with Gasteiger partial charge < -0.3 is 5.11 Å². The van der Waals surface area contributed by atoms with Gasteiger partial charge in [-0.05, 0) is 44.9 Å². The first-order chi connectivity index (χ1) is 8.82. The summed E-state index contributed by atoms with van der Waals surface area (Å²) < 4.78 is 1.36. The number of benzene rings is 1. The van der Waals surface area contributed by atoms with Gasteiger partial charge >= 0.3 is 5.97 Å². The molecule has 0 bridgehead atoms. The highest BCUT2D eigenvalue weighted by Gasteiger charge is 2.19. The third kappa shape index (κ3) is 2.14. The second-order valence-corrected chi connectivity index (χ2v) is 5.03. The van der Waals surface area contributed by atoms with Crippen molar-refractivity contribution in [3.05, 3.63) is 45.2 Å². The van der Waals surface area contributed by atoms with Gasteiger partial charge in [0.05, 0.1) is 5.52 Å². The zero-order valence-electron chi connectivity index (χ0n) is 11.5. The smallest absolute Gasteiger partial charge is 0.326 e. The average molecular weight is 259 g/mol. The van der Waals surface area contributed by atoms with E-state index in [1.807, 2.05) is 32.9 Å². The third-order valence-corrected chi connectivity index (χ3v) is 3.43. The van der Waals surface area contributed by atoms with E-state index in [9.17, 15) is 14.7 Å². The van der Waals surface area contributed by atoms with Crippen molar-refractivity contribution in [3.8, 4) is 0 Å². The highest BCUT2D eigenvalue weighted by Crippen LogP contribution is 2.24. The van der Waals surface area contributed by atoms with Crippen LogP contribution in [-0.2, 0) is 4.79 Å². The van der Waals surface area contributed by atoms with Crippen molar-refractivity contribution in [2.75, 3.05) is 0 Å². The molecular formula is C15H17NO3. The fraction of sp³-hybridized carbons (Fsp3) is 0.333. The Morgan fingerprint density at radius 1 is 1.16 bits per heavy atom. The van der Waals surface area contributed by atoms with Crippen LogP contribution in [0.5, 0.6) is 0 Å². The van der Waals surface area contributed by atoms with Gasteiger partial charge in [-0.1, -0.05) is 11.6 Å². The molecule has 100 valence electrons. The number of aromatic nitrogens is 1. The summed E-state index contributed by atoms with van der Waals surface area (Å²) in [7, 11) is 0. The predicted octanol–water partition coefficient (Wildman–Crippen LogP) is 2.57. The van der Waals surface area contributed by atoms with Gasteiger partial charge in [0.25, 0.3) is 5.56 Å². The Balaban J connectivity index is 2.99. The van der Waals surface area contributed by atoms with Crippen LogP contribution < -0.4 is 5.56 Å². The van der Waals surface area contributed by atoms with Crippen LogP contribution in [0.3, 0.4) is 0 Å². The molecule has 2 rings (SSSR count). The van der Waals surface area contributed by atoms with Gasteiger partial charge in [-0.2, -0.15) is 0 Å². The summed E-state index contributed by atoms with van der Waals surface area (Å²) in [5.74, 6) is -1.01. The first-order valence-electron chi connectivity index (χ1n) is 6.19. The summed E-state index contributed by atoms with van der Waals surface area (Å²) in [6.45, 7) is 7.29. The average Bonchev–Trinajstić information content (AvgIpc) is 2.29. The lowest BCUT2D eigenvalue weighted by atomic mass is 10.0. The van der Waals surface area contributed by atoms with E-state index in [0.29, 0.717) is 5.52 Å². The fourth-order valence-corrected chi connectivity index (χ4v) is 2.52. The monoisotopic (exact) mass is 259 g/mol. The lowest BCUT2D eigenvalue weighted by molar-refractivity contribution is -0.140. The summed E-state index contributed by atoms with van der Waals surface area (Å²) in [5.41, 5.74) is 3.34. The topological polar surface area (TPSA) is 59.3 Å². The summed E-state index contributed by atoms with van der Waals surface area (Å²) in [6.07, 6.45) is 0. The molecule has 0 aliphatic carbocycles. The lowest BCUT2D eigenvalue weighted by Crippen LogP contribution is -2.28. The van der Waals surface area contributed by atoms with Gasteiger partial charge in [0, 0.05) is 11.5 Å². The van der Waals surface area contributed by atoms with Crippen molar-refractivity contribution in [1.29, 1.82) is 0 Å². The van der Waals surface area contributed by atoms with Crippen LogP contribution in [0.2, 0.25) is 0 Å². The van der Waals surface area contributed by atoms with Gasteiger partial charge in [-0.3, -0.25) is 9.36 Å². The molecule has 0 amide bonds. The maximum Gasteiger partial charge on any atom is 0.326 e. The number of aryl methyl sites for hydroxylation is 3. The van der Waals surface area contributed by atoms with Gasteiger partial charge in [0.2, 0.25) is 0 Å². The highest BCUT2D eigenvalue weighted by atomic mass is 16.4. The van der Waals surface area contributed by atoms with Crippen molar-refractivity contribution >= 4 is 16.9 Å². The molecule has 0 fully saturated rings. The van der Waals surface area contributed by atoms with E-state index < -0.39 is 12.0 Å². The number of hydrogen-bond acceptors (Lipinski definition) is 2. The standard InChI is InChI=1S/C15H17NO3/c1-8-5-10(3)14-12(6-8)9(2)7-13(17)16(14)11(4)15(18)19/h5-7,11H,1-4H3,(H,18,19). The van der Waals surface area contributed by atoms with E-state index in [0.717, 1.165) is 22.1 Å². The quantitative estimate of drug-likeness (QED) is 0.901. The molecule has 1 N–H and O–H groups in total. The van der Waals surface area contributed by atoms with E-state index in [2.05, 4.69) is 0 Å². The molecule has 19 heavy (non-hydrogen) atoms. The number of aliphatic carboxylic acids is 1. The van der Waals surface area contributed by atoms with Crippen LogP contribution in [0.1, 0.15) is 29.7 Å². The van der Waals surface area contributed by atoms with E-state index >= 15 is 0 Å². The van der Waals surface area contributed by atoms with Crippen LogP contribution in [0, 0.1) is 20.8 Å². The molecule has 1 aromatic carbocycles. The number of carbonyl (C=O) groups is 1. The Morgan fingerprint density at radius 2 is 1.79 bits per heavy atom. The Hall–Kier alpha value is -2.10. The SMILES string of the molecule is Cc1cc(C)c2c(c1)c(C)cc(=O)n2C(C)C(=O)O. The number of hydrogen-bond donors (Lipinski definition) is 1. The van der Waals surface area contributed by atoms with Gasteiger partial charge in [0.15, 0.2) is 0 Å². The summed E-state index contributed by atoms with van der Waals surface area (Å²) in [5, 5.41) is 10.1. The number of fused-ring (bicyclic) bond motifs is 1. The molecule has 1 unspecified atom stereocenters. The van der Waals surface area contributed by atoms with Crippen molar-refractivity contribution in [3.63, 3.8) is 0 Å². The number of pyridine rings is 1. The number of carboxylic acid groups (broad SMARTS) is 1. The zero-order valence-corrected chi connectivity index (χ0v) is 11.5. The molecule has 0 aliphatic heterocycles. The minimum atomic E-state index is -1.01. The second kappa shape index (κ2) is 4.53. The molecule has 1 aromatic heterocycles. The van der Waals surface area contributed by atoms with Crippen LogP contribution in [-0.4, -0.2) is 15.6 Å². The molecule has 0 aliphatic rings. The van der Waals surface area contributed by atoms with E-state index in [1.165, 1.54) is 17.6 Å². The lowest BCUT2D eigenvalue weighted by Gasteiger charge is -2.18. The summed E-state index contributed by atoms with van der Waals surface area (Å²) in [6, 6.07) is 4.58. The molecule has 0 spiro atoms. The minimum Gasteiger partial charge on any atom is -0.480 e. The third-order valence-electron chi connectivity index (χ3n) is 3.43.